The minimum atomic E-state index is -0.741. The van der Waals surface area contributed by atoms with E-state index in [-0.39, 0.29) is 0 Å². The lowest BCUT2D eigenvalue weighted by Crippen LogP contribution is -2.09. The fourth-order valence-electron chi connectivity index (χ4n) is 1.44. The van der Waals surface area contributed by atoms with E-state index < -0.39 is 8.07 Å². The van der Waals surface area contributed by atoms with Gasteiger partial charge in [-0.15, -0.1) is 0 Å². The first-order chi connectivity index (χ1) is 7.92. The van der Waals surface area contributed by atoms with Crippen LogP contribution in [-0.2, 0) is 0 Å². The van der Waals surface area contributed by atoms with Gasteiger partial charge in [-0.3, -0.25) is 0 Å². The maximum atomic E-state index is 4.73. The van der Waals surface area contributed by atoms with Crippen molar-refractivity contribution in [3.8, 4) is 0 Å². The third-order valence-corrected chi connectivity index (χ3v) is 4.24. The van der Waals surface area contributed by atoms with Crippen LogP contribution in [0.25, 0.3) is 0 Å². The van der Waals surface area contributed by atoms with Crippen molar-refractivity contribution >= 4 is 36.1 Å². The molecular formula is C13H10NPS. The van der Waals surface area contributed by atoms with Crippen molar-refractivity contribution in [3.05, 3.63) is 60.7 Å². The van der Waals surface area contributed by atoms with Crippen LogP contribution in [0.1, 0.15) is 0 Å². The van der Waals surface area contributed by atoms with Crippen LogP contribution in [0.3, 0.4) is 0 Å². The molecule has 0 amide bonds. The molecule has 0 radical (unpaired) electrons. The second-order valence-electron chi connectivity index (χ2n) is 3.17. The lowest BCUT2D eigenvalue weighted by atomic mass is 10.4. The summed E-state index contributed by atoms with van der Waals surface area (Å²) in [7, 11) is -0.741. The average molecular weight is 243 g/mol. The number of benzene rings is 2. The summed E-state index contributed by atoms with van der Waals surface area (Å²) in [5, 5.41) is 4.89. The number of isothiocyanates is 1. The van der Waals surface area contributed by atoms with Crippen molar-refractivity contribution < 1.29 is 0 Å². The number of hydrogen-bond donors (Lipinski definition) is 0. The molecule has 0 unspecified atom stereocenters. The highest BCUT2D eigenvalue weighted by Crippen LogP contribution is 2.33. The molecule has 1 nitrogen and oxygen atoms in total. The summed E-state index contributed by atoms with van der Waals surface area (Å²) in [5.41, 5.74) is 0. The summed E-state index contributed by atoms with van der Waals surface area (Å²) in [4.78, 5) is 0. The van der Waals surface area contributed by atoms with Gasteiger partial charge in [0.1, 0.15) is 0 Å². The Morgan fingerprint density at radius 3 is 1.62 bits per heavy atom. The fraction of sp³-hybridized carbons (Fsp3) is 0. The Labute approximate surface area is 102 Å². The molecule has 0 saturated heterocycles. The van der Waals surface area contributed by atoms with Crippen molar-refractivity contribution in [2.75, 3.05) is 0 Å². The molecule has 3 heteroatoms. The first-order valence-electron chi connectivity index (χ1n) is 4.90. The lowest BCUT2D eigenvalue weighted by Gasteiger charge is -2.10. The van der Waals surface area contributed by atoms with Gasteiger partial charge in [-0.1, -0.05) is 60.7 Å². The molecular weight excluding hydrogens is 233 g/mol. The van der Waals surface area contributed by atoms with Crippen LogP contribution in [0.5, 0.6) is 0 Å². The van der Waals surface area contributed by atoms with Crippen LogP contribution in [0.15, 0.2) is 65.4 Å². The summed E-state index contributed by atoms with van der Waals surface area (Å²) < 4.78 is 4.29. The van der Waals surface area contributed by atoms with Crippen LogP contribution in [0, 0.1) is 0 Å². The van der Waals surface area contributed by atoms with E-state index in [1.54, 1.807) is 0 Å². The number of thiocarbonyl (C=S) groups is 1. The zero-order valence-corrected chi connectivity index (χ0v) is 10.3. The van der Waals surface area contributed by atoms with E-state index in [1.165, 1.54) is 10.6 Å². The highest BCUT2D eigenvalue weighted by molar-refractivity contribution is 7.79. The molecule has 0 N–H and O–H groups in total. The second kappa shape index (κ2) is 5.67. The molecule has 0 saturated carbocycles. The molecule has 0 aliphatic rings. The van der Waals surface area contributed by atoms with E-state index in [1.807, 2.05) is 36.4 Å². The minimum Gasteiger partial charge on any atom is -0.199 e. The fourth-order valence-corrected chi connectivity index (χ4v) is 3.21. The molecule has 2 aromatic rings. The van der Waals surface area contributed by atoms with Gasteiger partial charge >= 0.3 is 0 Å². The van der Waals surface area contributed by atoms with E-state index in [9.17, 15) is 0 Å². The maximum Gasteiger partial charge on any atom is 0.0900 e. The Morgan fingerprint density at radius 2 is 1.25 bits per heavy atom. The van der Waals surface area contributed by atoms with Gasteiger partial charge < -0.3 is 0 Å². The molecule has 0 aromatic heterocycles. The van der Waals surface area contributed by atoms with E-state index in [0.717, 1.165) is 0 Å². The third kappa shape index (κ3) is 2.62. The summed E-state index contributed by atoms with van der Waals surface area (Å²) >= 11 is 4.73. The lowest BCUT2D eigenvalue weighted by molar-refractivity contribution is 1.73. The molecule has 0 bridgehead atoms. The Hall–Kier alpha value is -1.33. The van der Waals surface area contributed by atoms with E-state index in [0.29, 0.717) is 0 Å². The second-order valence-corrected chi connectivity index (χ2v) is 5.21. The highest BCUT2D eigenvalue weighted by atomic mass is 32.1. The van der Waals surface area contributed by atoms with Crippen molar-refractivity contribution in [2.24, 2.45) is 4.76 Å². The zero-order chi connectivity index (χ0) is 11.2. The predicted molar refractivity (Wildman–Crippen MR) is 74.1 cm³/mol. The van der Waals surface area contributed by atoms with Gasteiger partial charge in [0.2, 0.25) is 0 Å². The number of rotatable bonds is 3. The average Bonchev–Trinajstić information content (AvgIpc) is 2.38. The van der Waals surface area contributed by atoms with Gasteiger partial charge in [-0.2, -0.15) is 4.76 Å². The van der Waals surface area contributed by atoms with Gasteiger partial charge in [0, 0.05) is 10.6 Å². The van der Waals surface area contributed by atoms with Gasteiger partial charge in [-0.05, 0) is 12.2 Å². The standard InChI is InChI=1S/C13H10NPS/c16-11-14-15(12-7-3-1-4-8-12)13-9-5-2-6-10-13/h1-10H. The van der Waals surface area contributed by atoms with E-state index in [2.05, 4.69) is 34.2 Å². The van der Waals surface area contributed by atoms with Crippen molar-refractivity contribution in [1.82, 2.24) is 0 Å². The molecule has 2 rings (SSSR count). The normalized spacial score (nSPS) is 9.81. The Bertz CT molecular complexity index is 452. The summed E-state index contributed by atoms with van der Waals surface area (Å²) in [6.45, 7) is 0. The number of nitrogens with zero attached hydrogens (tertiary/aromatic N) is 1. The van der Waals surface area contributed by atoms with Gasteiger partial charge in [0.15, 0.2) is 0 Å². The Kier molecular flexibility index (Phi) is 3.96. The Balaban J connectivity index is 2.43. The summed E-state index contributed by atoms with van der Waals surface area (Å²) in [6.07, 6.45) is 0. The molecule has 0 aliphatic heterocycles. The molecule has 16 heavy (non-hydrogen) atoms. The Morgan fingerprint density at radius 1 is 0.812 bits per heavy atom. The van der Waals surface area contributed by atoms with Crippen LogP contribution in [0.2, 0.25) is 0 Å². The first kappa shape index (κ1) is 11.2. The maximum absolute atomic E-state index is 4.73. The predicted octanol–water partition coefficient (Wildman–Crippen LogP) is 3.14. The first-order valence-corrected chi connectivity index (χ1v) is 6.60. The summed E-state index contributed by atoms with van der Waals surface area (Å²) in [6, 6.07) is 20.4. The zero-order valence-electron chi connectivity index (χ0n) is 8.58. The molecule has 0 heterocycles. The van der Waals surface area contributed by atoms with Crippen LogP contribution in [0.4, 0.5) is 0 Å². The monoisotopic (exact) mass is 243 g/mol. The molecule has 0 spiro atoms. The van der Waals surface area contributed by atoms with Crippen LogP contribution < -0.4 is 10.6 Å². The van der Waals surface area contributed by atoms with Gasteiger partial charge in [-0.25, -0.2) is 0 Å². The molecule has 0 aliphatic carbocycles. The van der Waals surface area contributed by atoms with E-state index >= 15 is 0 Å². The van der Waals surface area contributed by atoms with E-state index in [4.69, 9.17) is 12.2 Å². The van der Waals surface area contributed by atoms with Crippen LogP contribution >= 0.6 is 20.3 Å². The summed E-state index contributed by atoms with van der Waals surface area (Å²) in [5.74, 6) is 0. The SMILES string of the molecule is S=C=NP(c1ccccc1)c1ccccc1. The quantitative estimate of drug-likeness (QED) is 0.458. The third-order valence-electron chi connectivity index (χ3n) is 2.14. The minimum absolute atomic E-state index is 0.741. The van der Waals surface area contributed by atoms with Gasteiger partial charge in [0.25, 0.3) is 0 Å². The number of hydrogen-bond acceptors (Lipinski definition) is 2. The van der Waals surface area contributed by atoms with Crippen molar-refractivity contribution in [3.63, 3.8) is 0 Å². The van der Waals surface area contributed by atoms with Crippen molar-refractivity contribution in [2.45, 2.75) is 0 Å². The van der Waals surface area contributed by atoms with Crippen molar-refractivity contribution in [1.29, 1.82) is 0 Å². The highest BCUT2D eigenvalue weighted by Gasteiger charge is 2.11. The van der Waals surface area contributed by atoms with Gasteiger partial charge in [0.05, 0.1) is 13.2 Å². The smallest absolute Gasteiger partial charge is 0.0900 e. The van der Waals surface area contributed by atoms with Crippen LogP contribution in [-0.4, -0.2) is 5.16 Å². The molecule has 0 fully saturated rings. The topological polar surface area (TPSA) is 12.4 Å². The molecule has 0 atom stereocenters. The largest absolute Gasteiger partial charge is 0.199 e. The molecule has 78 valence electrons. The molecule has 2 aromatic carbocycles.